The summed E-state index contributed by atoms with van der Waals surface area (Å²) in [6.07, 6.45) is -1.80. The zero-order chi connectivity index (χ0) is 17.2. The van der Waals surface area contributed by atoms with Crippen molar-refractivity contribution < 1.29 is 18.0 Å². The summed E-state index contributed by atoms with van der Waals surface area (Å²) in [5, 5.41) is 3.30. The minimum absolute atomic E-state index is 0. The molecule has 0 aromatic heterocycles. The number of rotatable bonds is 2. The van der Waals surface area contributed by atoms with Crippen molar-refractivity contribution in [3.05, 3.63) is 35.4 Å². The predicted molar refractivity (Wildman–Crippen MR) is 93.2 cm³/mol. The van der Waals surface area contributed by atoms with Crippen molar-refractivity contribution in [2.24, 2.45) is 5.92 Å². The van der Waals surface area contributed by atoms with E-state index in [2.05, 4.69) is 5.32 Å². The van der Waals surface area contributed by atoms with Crippen LogP contribution in [0.25, 0.3) is 0 Å². The highest BCUT2D eigenvalue weighted by molar-refractivity contribution is 5.96. The molecule has 1 atom stereocenters. The minimum atomic E-state index is -4.23. The van der Waals surface area contributed by atoms with E-state index in [0.29, 0.717) is 24.4 Å². The van der Waals surface area contributed by atoms with Gasteiger partial charge in [0.15, 0.2) is 0 Å². The molecule has 0 aliphatic carbocycles. The number of benzene rings is 1. The van der Waals surface area contributed by atoms with Crippen LogP contribution in [-0.4, -0.2) is 43.2 Å². The Bertz CT molecular complexity index is 588. The lowest BCUT2D eigenvalue weighted by Gasteiger charge is -2.34. The number of carbonyl (C=O) groups excluding carboxylic acids is 1. The number of amides is 1. The molecule has 0 radical (unpaired) electrons. The van der Waals surface area contributed by atoms with Gasteiger partial charge in [-0.3, -0.25) is 4.79 Å². The van der Waals surface area contributed by atoms with Crippen molar-refractivity contribution >= 4 is 18.3 Å². The lowest BCUT2D eigenvalue weighted by molar-refractivity contribution is -0.184. The third-order valence-corrected chi connectivity index (χ3v) is 5.14. The first kappa shape index (κ1) is 20.0. The maximum absolute atomic E-state index is 13.0. The van der Waals surface area contributed by atoms with Crippen LogP contribution in [0.1, 0.15) is 47.5 Å². The number of carbonyl (C=O) groups is 1. The van der Waals surface area contributed by atoms with Crippen molar-refractivity contribution in [2.75, 3.05) is 26.2 Å². The molecule has 0 spiro atoms. The number of piperidine rings is 2. The van der Waals surface area contributed by atoms with Crippen LogP contribution in [0.4, 0.5) is 13.2 Å². The fourth-order valence-corrected chi connectivity index (χ4v) is 3.78. The minimum Gasteiger partial charge on any atom is -0.338 e. The van der Waals surface area contributed by atoms with Gasteiger partial charge in [-0.05, 0) is 56.3 Å². The summed E-state index contributed by atoms with van der Waals surface area (Å²) < 4.78 is 39.0. The molecule has 2 heterocycles. The topological polar surface area (TPSA) is 32.3 Å². The summed E-state index contributed by atoms with van der Waals surface area (Å²) in [6, 6.07) is 7.41. The lowest BCUT2D eigenvalue weighted by Crippen LogP contribution is -2.45. The van der Waals surface area contributed by atoms with E-state index in [9.17, 15) is 18.0 Å². The Morgan fingerprint density at radius 2 is 1.80 bits per heavy atom. The monoisotopic (exact) mass is 376 g/mol. The van der Waals surface area contributed by atoms with E-state index in [0.717, 1.165) is 31.5 Å². The van der Waals surface area contributed by atoms with Gasteiger partial charge in [-0.15, -0.1) is 12.4 Å². The molecular weight excluding hydrogens is 353 g/mol. The van der Waals surface area contributed by atoms with Crippen LogP contribution in [-0.2, 0) is 0 Å². The van der Waals surface area contributed by atoms with Crippen LogP contribution >= 0.6 is 12.4 Å². The molecule has 1 aromatic carbocycles. The van der Waals surface area contributed by atoms with Crippen LogP contribution in [0.15, 0.2) is 24.3 Å². The average Bonchev–Trinajstić information content (AvgIpc) is 2.61. The van der Waals surface area contributed by atoms with Gasteiger partial charge in [0.25, 0.3) is 5.91 Å². The van der Waals surface area contributed by atoms with Crippen LogP contribution < -0.4 is 5.32 Å². The van der Waals surface area contributed by atoms with Crippen molar-refractivity contribution in [1.29, 1.82) is 0 Å². The zero-order valence-corrected chi connectivity index (χ0v) is 14.8. The molecule has 0 saturated carbocycles. The smallest absolute Gasteiger partial charge is 0.338 e. The summed E-state index contributed by atoms with van der Waals surface area (Å²) in [4.78, 5) is 14.3. The second-order valence-corrected chi connectivity index (χ2v) is 6.74. The number of hydrogen-bond acceptors (Lipinski definition) is 2. The van der Waals surface area contributed by atoms with Crippen molar-refractivity contribution in [3.8, 4) is 0 Å². The second-order valence-electron chi connectivity index (χ2n) is 6.74. The number of nitrogens with zero attached hydrogens (tertiary/aromatic N) is 1. The van der Waals surface area contributed by atoms with E-state index < -0.39 is 12.1 Å². The van der Waals surface area contributed by atoms with E-state index in [4.69, 9.17) is 0 Å². The summed E-state index contributed by atoms with van der Waals surface area (Å²) in [5.74, 6) is -1.35. The molecule has 1 aromatic rings. The quantitative estimate of drug-likeness (QED) is 0.846. The van der Waals surface area contributed by atoms with Gasteiger partial charge >= 0.3 is 6.18 Å². The van der Waals surface area contributed by atoms with Crippen LogP contribution in [0.2, 0.25) is 0 Å². The summed E-state index contributed by atoms with van der Waals surface area (Å²) in [6.45, 7) is 2.01. The Hall–Kier alpha value is -1.27. The van der Waals surface area contributed by atoms with Gasteiger partial charge in [0, 0.05) is 18.7 Å². The maximum Gasteiger partial charge on any atom is 0.393 e. The maximum atomic E-state index is 13.0. The van der Waals surface area contributed by atoms with Crippen molar-refractivity contribution in [3.63, 3.8) is 0 Å². The Balaban J connectivity index is 0.00000225. The normalized spacial score (nSPS) is 22.4. The lowest BCUT2D eigenvalue weighted by atomic mass is 9.86. The van der Waals surface area contributed by atoms with Crippen molar-refractivity contribution in [2.45, 2.75) is 37.8 Å². The second kappa shape index (κ2) is 8.41. The number of alkyl halides is 3. The third-order valence-electron chi connectivity index (χ3n) is 5.14. The molecule has 2 aliphatic heterocycles. The van der Waals surface area contributed by atoms with Crippen LogP contribution in [0.5, 0.6) is 0 Å². The van der Waals surface area contributed by atoms with Crippen LogP contribution in [0.3, 0.4) is 0 Å². The number of likely N-dealkylation sites (tertiary alicyclic amines) is 1. The number of halogens is 4. The molecule has 1 N–H and O–H groups in total. The summed E-state index contributed by atoms with van der Waals surface area (Å²) >= 11 is 0. The van der Waals surface area contributed by atoms with Gasteiger partial charge < -0.3 is 10.2 Å². The SMILES string of the molecule is Cl.O=C(c1ccccc1C1CCNCC1)N1CCCC(C(F)(F)F)C1. The van der Waals surface area contributed by atoms with Crippen LogP contribution in [0, 0.1) is 5.92 Å². The molecule has 3 nitrogen and oxygen atoms in total. The predicted octanol–water partition coefficient (Wildman–Crippen LogP) is 3.99. The zero-order valence-electron chi connectivity index (χ0n) is 14.0. The van der Waals surface area contributed by atoms with E-state index in [-0.39, 0.29) is 31.3 Å². The average molecular weight is 377 g/mol. The first-order valence-electron chi connectivity index (χ1n) is 8.62. The van der Waals surface area contributed by atoms with Gasteiger partial charge in [0.2, 0.25) is 0 Å². The molecule has 3 rings (SSSR count). The Labute approximate surface area is 152 Å². The first-order valence-corrected chi connectivity index (χ1v) is 8.62. The largest absolute Gasteiger partial charge is 0.393 e. The van der Waals surface area contributed by atoms with E-state index in [1.807, 2.05) is 12.1 Å². The standard InChI is InChI=1S/C18H23F3N2O.ClH/c19-18(20,21)14-4-3-11-23(12-14)17(24)16-6-2-1-5-15(16)13-7-9-22-10-8-13;/h1-2,5-6,13-14,22H,3-4,7-12H2;1H. The molecular formula is C18H24ClF3N2O. The Morgan fingerprint density at radius 1 is 1.12 bits per heavy atom. The summed E-state index contributed by atoms with van der Waals surface area (Å²) in [5.41, 5.74) is 1.56. The Morgan fingerprint density at radius 3 is 2.48 bits per heavy atom. The molecule has 1 unspecified atom stereocenters. The highest BCUT2D eigenvalue weighted by Gasteiger charge is 2.43. The first-order chi connectivity index (χ1) is 11.5. The van der Waals surface area contributed by atoms with Gasteiger partial charge in [-0.25, -0.2) is 0 Å². The van der Waals surface area contributed by atoms with Crippen molar-refractivity contribution in [1.82, 2.24) is 10.2 Å². The fraction of sp³-hybridized carbons (Fsp3) is 0.611. The highest BCUT2D eigenvalue weighted by Crippen LogP contribution is 2.34. The van der Waals surface area contributed by atoms with Gasteiger partial charge in [-0.2, -0.15) is 13.2 Å². The number of hydrogen-bond donors (Lipinski definition) is 1. The molecule has 25 heavy (non-hydrogen) atoms. The molecule has 2 fully saturated rings. The summed E-state index contributed by atoms with van der Waals surface area (Å²) in [7, 11) is 0. The third kappa shape index (κ3) is 4.67. The van der Waals surface area contributed by atoms with E-state index in [1.165, 1.54) is 4.90 Å². The van der Waals surface area contributed by atoms with E-state index in [1.54, 1.807) is 12.1 Å². The molecule has 1 amide bonds. The van der Waals surface area contributed by atoms with Gasteiger partial charge in [0.05, 0.1) is 5.92 Å². The highest BCUT2D eigenvalue weighted by atomic mass is 35.5. The molecule has 2 saturated heterocycles. The number of nitrogens with one attached hydrogen (secondary N) is 1. The van der Waals surface area contributed by atoms with Gasteiger partial charge in [-0.1, -0.05) is 18.2 Å². The fourth-order valence-electron chi connectivity index (χ4n) is 3.78. The molecule has 2 aliphatic rings. The Kier molecular flexibility index (Phi) is 6.74. The molecule has 7 heteroatoms. The van der Waals surface area contributed by atoms with E-state index >= 15 is 0 Å². The molecule has 140 valence electrons. The molecule has 0 bridgehead atoms. The van der Waals surface area contributed by atoms with Gasteiger partial charge in [0.1, 0.15) is 0 Å².